The molecule has 1 heterocycles. The van der Waals surface area contributed by atoms with E-state index in [0.717, 1.165) is 10.0 Å². The van der Waals surface area contributed by atoms with Gasteiger partial charge in [0.05, 0.1) is 13.7 Å². The number of amides is 1. The van der Waals surface area contributed by atoms with E-state index in [4.69, 9.17) is 9.47 Å². The Morgan fingerprint density at radius 3 is 2.73 bits per heavy atom. The molecule has 0 saturated heterocycles. The van der Waals surface area contributed by atoms with E-state index in [1.54, 1.807) is 19.1 Å². The molecule has 1 aliphatic rings. The second-order valence-corrected chi connectivity index (χ2v) is 5.66. The average molecular weight is 370 g/mol. The van der Waals surface area contributed by atoms with Crippen LogP contribution >= 0.6 is 15.9 Å². The normalized spacial score (nSPS) is 16.7. The van der Waals surface area contributed by atoms with Gasteiger partial charge in [-0.25, -0.2) is 9.59 Å². The van der Waals surface area contributed by atoms with Crippen LogP contribution in [0.4, 0.5) is 5.69 Å². The van der Waals surface area contributed by atoms with Crippen molar-refractivity contribution in [1.29, 1.82) is 0 Å². The second kappa shape index (κ2) is 6.91. The van der Waals surface area contributed by atoms with Crippen molar-refractivity contribution >= 4 is 39.5 Å². The van der Waals surface area contributed by atoms with Crippen LogP contribution in [0.3, 0.4) is 0 Å². The maximum atomic E-state index is 12.4. The predicted octanol–water partition coefficient (Wildman–Crippen LogP) is 1.83. The molecule has 0 aliphatic carbocycles. The van der Waals surface area contributed by atoms with Gasteiger partial charge in [0.15, 0.2) is 0 Å². The van der Waals surface area contributed by atoms with E-state index in [0.29, 0.717) is 18.5 Å². The SMILES string of the molecule is CCOC(=O)C(=O)N1c2ccc(Br)cc2CC[C@@H]1C(=O)OC. The molecule has 2 rings (SSSR count). The topological polar surface area (TPSA) is 72.9 Å². The molecule has 1 atom stereocenters. The van der Waals surface area contributed by atoms with Crippen molar-refractivity contribution in [3.8, 4) is 0 Å². The van der Waals surface area contributed by atoms with Gasteiger partial charge >= 0.3 is 17.8 Å². The maximum Gasteiger partial charge on any atom is 0.397 e. The molecular formula is C15H16BrNO5. The van der Waals surface area contributed by atoms with E-state index >= 15 is 0 Å². The number of fused-ring (bicyclic) bond motifs is 1. The summed E-state index contributed by atoms with van der Waals surface area (Å²) in [5, 5.41) is 0. The Balaban J connectivity index is 2.44. The molecule has 1 aromatic rings. The van der Waals surface area contributed by atoms with Gasteiger partial charge in [-0.15, -0.1) is 0 Å². The van der Waals surface area contributed by atoms with Crippen LogP contribution < -0.4 is 4.90 Å². The van der Waals surface area contributed by atoms with E-state index in [-0.39, 0.29) is 6.61 Å². The lowest BCUT2D eigenvalue weighted by molar-refractivity contribution is -0.154. The van der Waals surface area contributed by atoms with Gasteiger partial charge in [0, 0.05) is 10.2 Å². The zero-order chi connectivity index (χ0) is 16.3. The van der Waals surface area contributed by atoms with Crippen molar-refractivity contribution in [2.24, 2.45) is 0 Å². The number of benzene rings is 1. The van der Waals surface area contributed by atoms with Crippen LogP contribution in [0.25, 0.3) is 0 Å². The number of esters is 2. The number of ether oxygens (including phenoxy) is 2. The minimum absolute atomic E-state index is 0.0918. The molecule has 0 spiro atoms. The molecule has 118 valence electrons. The Kier molecular flexibility index (Phi) is 5.18. The van der Waals surface area contributed by atoms with E-state index < -0.39 is 23.9 Å². The summed E-state index contributed by atoms with van der Waals surface area (Å²) < 4.78 is 10.4. The van der Waals surface area contributed by atoms with Gasteiger partial charge in [0.25, 0.3) is 0 Å². The minimum Gasteiger partial charge on any atom is -0.467 e. The summed E-state index contributed by atoms with van der Waals surface area (Å²) in [6.45, 7) is 1.71. The highest BCUT2D eigenvalue weighted by Gasteiger charge is 2.39. The van der Waals surface area contributed by atoms with Gasteiger partial charge < -0.3 is 9.47 Å². The molecule has 0 radical (unpaired) electrons. The van der Waals surface area contributed by atoms with Gasteiger partial charge in [-0.3, -0.25) is 9.69 Å². The third-order valence-corrected chi connectivity index (χ3v) is 3.94. The van der Waals surface area contributed by atoms with Crippen LogP contribution in [0, 0.1) is 0 Å². The molecule has 22 heavy (non-hydrogen) atoms. The Bertz CT molecular complexity index is 616. The summed E-state index contributed by atoms with van der Waals surface area (Å²) in [4.78, 5) is 37.3. The van der Waals surface area contributed by atoms with E-state index in [1.807, 2.05) is 6.07 Å². The smallest absolute Gasteiger partial charge is 0.397 e. The van der Waals surface area contributed by atoms with Crippen LogP contribution in [-0.4, -0.2) is 37.6 Å². The molecule has 1 aliphatic heterocycles. The second-order valence-electron chi connectivity index (χ2n) is 4.75. The van der Waals surface area contributed by atoms with Gasteiger partial charge in [0.2, 0.25) is 0 Å². The molecule has 0 fully saturated rings. The van der Waals surface area contributed by atoms with E-state index in [1.165, 1.54) is 12.0 Å². The Morgan fingerprint density at radius 2 is 2.09 bits per heavy atom. The van der Waals surface area contributed by atoms with Crippen molar-refractivity contribution in [1.82, 2.24) is 0 Å². The lowest BCUT2D eigenvalue weighted by Gasteiger charge is -2.34. The number of halogens is 1. The first-order chi connectivity index (χ1) is 10.5. The standard InChI is InChI=1S/C15H16BrNO5/c1-3-22-15(20)13(18)17-11-7-5-10(16)8-9(11)4-6-12(17)14(19)21-2/h5,7-8,12H,3-4,6H2,1-2H3/t12-/m1/s1. The summed E-state index contributed by atoms with van der Waals surface area (Å²) >= 11 is 3.37. The Hall–Kier alpha value is -1.89. The van der Waals surface area contributed by atoms with Crippen molar-refractivity contribution in [3.05, 3.63) is 28.2 Å². The first-order valence-corrected chi connectivity index (χ1v) is 7.65. The Labute approximate surface area is 136 Å². The number of nitrogens with zero attached hydrogens (tertiary/aromatic N) is 1. The summed E-state index contributed by atoms with van der Waals surface area (Å²) in [5.41, 5.74) is 1.41. The van der Waals surface area contributed by atoms with Crippen molar-refractivity contribution in [2.75, 3.05) is 18.6 Å². The summed E-state index contributed by atoms with van der Waals surface area (Å²) in [5.74, 6) is -2.39. The molecule has 1 amide bonds. The molecule has 0 aromatic heterocycles. The van der Waals surface area contributed by atoms with Crippen LogP contribution in [0.15, 0.2) is 22.7 Å². The summed E-state index contributed by atoms with van der Waals surface area (Å²) in [6, 6.07) is 4.50. The first kappa shape index (κ1) is 16.5. The fourth-order valence-electron chi connectivity index (χ4n) is 2.48. The van der Waals surface area contributed by atoms with Gasteiger partial charge in [-0.05, 0) is 43.5 Å². The van der Waals surface area contributed by atoms with Crippen molar-refractivity contribution < 1.29 is 23.9 Å². The molecule has 6 nitrogen and oxygen atoms in total. The van der Waals surface area contributed by atoms with Crippen LogP contribution in [0.5, 0.6) is 0 Å². The number of methoxy groups -OCH3 is 1. The lowest BCUT2D eigenvalue weighted by Crippen LogP contribution is -2.51. The van der Waals surface area contributed by atoms with Gasteiger partial charge in [-0.1, -0.05) is 15.9 Å². The molecule has 0 bridgehead atoms. The number of carbonyl (C=O) groups is 3. The molecule has 0 unspecified atom stereocenters. The molecule has 0 N–H and O–H groups in total. The minimum atomic E-state index is -0.979. The zero-order valence-corrected chi connectivity index (χ0v) is 13.9. The fraction of sp³-hybridized carbons (Fsp3) is 0.400. The fourth-order valence-corrected chi connectivity index (χ4v) is 2.89. The highest BCUT2D eigenvalue weighted by atomic mass is 79.9. The maximum absolute atomic E-state index is 12.4. The van der Waals surface area contributed by atoms with Crippen LogP contribution in [0.2, 0.25) is 0 Å². The number of hydrogen-bond donors (Lipinski definition) is 0. The third-order valence-electron chi connectivity index (χ3n) is 3.44. The number of carbonyl (C=O) groups excluding carboxylic acids is 3. The molecule has 1 aromatic carbocycles. The average Bonchev–Trinajstić information content (AvgIpc) is 2.52. The molecular weight excluding hydrogens is 354 g/mol. The number of hydrogen-bond acceptors (Lipinski definition) is 5. The van der Waals surface area contributed by atoms with Gasteiger partial charge in [0.1, 0.15) is 6.04 Å². The van der Waals surface area contributed by atoms with Crippen molar-refractivity contribution in [2.45, 2.75) is 25.8 Å². The first-order valence-electron chi connectivity index (χ1n) is 6.86. The van der Waals surface area contributed by atoms with Gasteiger partial charge in [-0.2, -0.15) is 0 Å². The molecule has 0 saturated carbocycles. The highest BCUT2D eigenvalue weighted by Crippen LogP contribution is 2.33. The van der Waals surface area contributed by atoms with Crippen molar-refractivity contribution in [3.63, 3.8) is 0 Å². The molecule has 7 heteroatoms. The Morgan fingerprint density at radius 1 is 1.36 bits per heavy atom. The van der Waals surface area contributed by atoms with E-state index in [2.05, 4.69) is 15.9 Å². The lowest BCUT2D eigenvalue weighted by atomic mass is 9.95. The van der Waals surface area contributed by atoms with Crippen LogP contribution in [0.1, 0.15) is 18.9 Å². The largest absolute Gasteiger partial charge is 0.467 e. The number of aryl methyl sites for hydroxylation is 1. The van der Waals surface area contributed by atoms with E-state index in [9.17, 15) is 14.4 Å². The third kappa shape index (κ3) is 3.14. The zero-order valence-electron chi connectivity index (χ0n) is 12.3. The monoisotopic (exact) mass is 369 g/mol. The van der Waals surface area contributed by atoms with Crippen LogP contribution in [-0.2, 0) is 30.3 Å². The summed E-state index contributed by atoms with van der Waals surface area (Å²) in [6.07, 6.45) is 1.00. The predicted molar refractivity (Wildman–Crippen MR) is 82.4 cm³/mol. The highest BCUT2D eigenvalue weighted by molar-refractivity contribution is 9.10. The number of rotatable bonds is 2. The number of anilines is 1. The summed E-state index contributed by atoms with van der Waals surface area (Å²) in [7, 11) is 1.26. The quantitative estimate of drug-likeness (QED) is 0.587.